The summed E-state index contributed by atoms with van der Waals surface area (Å²) < 4.78 is 0. The van der Waals surface area contributed by atoms with Gasteiger partial charge in [0.2, 0.25) is 0 Å². The number of hydrogen-bond donors (Lipinski definition) is 1. The van der Waals surface area contributed by atoms with Gasteiger partial charge < -0.3 is 10.2 Å². The molecule has 1 saturated carbocycles. The maximum absolute atomic E-state index is 5.89. The highest BCUT2D eigenvalue weighted by atomic mass is 16.6. The second kappa shape index (κ2) is 7.78. The Bertz CT molecular complexity index is 558. The minimum Gasteiger partial charge on any atom is -0.391 e. The Balaban J connectivity index is 1.75. The Hall–Kier alpha value is -1.61. The van der Waals surface area contributed by atoms with E-state index in [1.807, 2.05) is 0 Å². The van der Waals surface area contributed by atoms with Gasteiger partial charge in [0.25, 0.3) is 0 Å². The smallest absolute Gasteiger partial charge is 0.139 e. The Kier molecular flexibility index (Phi) is 5.50. The highest BCUT2D eigenvalue weighted by Gasteiger charge is 2.25. The molecule has 3 unspecified atom stereocenters. The van der Waals surface area contributed by atoms with Crippen LogP contribution in [0.25, 0.3) is 6.08 Å². The van der Waals surface area contributed by atoms with E-state index in [2.05, 4.69) is 60.7 Å². The van der Waals surface area contributed by atoms with Gasteiger partial charge in [-0.3, -0.25) is 0 Å². The average molecular weight is 312 g/mol. The third kappa shape index (κ3) is 4.23. The molecule has 3 heteroatoms. The molecule has 1 N–H and O–H groups in total. The molecule has 0 aromatic heterocycles. The summed E-state index contributed by atoms with van der Waals surface area (Å²) in [5.41, 5.74) is 3.72. The lowest BCUT2D eigenvalue weighted by Crippen LogP contribution is -2.34. The van der Waals surface area contributed by atoms with Crippen molar-refractivity contribution in [2.24, 2.45) is 11.1 Å². The maximum atomic E-state index is 5.89. The molecular weight excluding hydrogens is 284 g/mol. The third-order valence-electron chi connectivity index (χ3n) is 5.00. The monoisotopic (exact) mass is 312 g/mol. The Morgan fingerprint density at radius 1 is 1.22 bits per heavy atom. The fourth-order valence-corrected chi connectivity index (χ4v) is 3.55. The van der Waals surface area contributed by atoms with Gasteiger partial charge in [0.15, 0.2) is 0 Å². The van der Waals surface area contributed by atoms with E-state index in [0.717, 1.165) is 18.7 Å². The van der Waals surface area contributed by atoms with Gasteiger partial charge in [0, 0.05) is 12.0 Å². The fraction of sp³-hybridized carbons (Fsp3) is 0.550. The molecule has 0 spiro atoms. The van der Waals surface area contributed by atoms with Crippen LogP contribution in [-0.2, 0) is 4.84 Å². The number of nitrogens with one attached hydrogen (secondary N) is 1. The Morgan fingerprint density at radius 2 is 2.04 bits per heavy atom. The number of hydrogen-bond acceptors (Lipinski definition) is 3. The number of allylic oxidation sites excluding steroid dienone is 1. The summed E-state index contributed by atoms with van der Waals surface area (Å²) in [7, 11) is 0. The van der Waals surface area contributed by atoms with Crippen molar-refractivity contribution in [1.82, 2.24) is 5.32 Å². The maximum Gasteiger partial charge on any atom is 0.139 e. The van der Waals surface area contributed by atoms with Gasteiger partial charge in [-0.25, -0.2) is 0 Å². The summed E-state index contributed by atoms with van der Waals surface area (Å²) in [5.74, 6) is 0.474. The fourth-order valence-electron chi connectivity index (χ4n) is 3.55. The first-order valence-corrected chi connectivity index (χ1v) is 8.97. The van der Waals surface area contributed by atoms with E-state index in [9.17, 15) is 0 Å². The van der Waals surface area contributed by atoms with Crippen molar-refractivity contribution in [2.75, 3.05) is 6.54 Å². The van der Waals surface area contributed by atoms with E-state index < -0.39 is 0 Å². The van der Waals surface area contributed by atoms with Crippen LogP contribution in [0.3, 0.4) is 0 Å². The molecule has 0 amide bonds. The zero-order chi connectivity index (χ0) is 16.1. The van der Waals surface area contributed by atoms with Gasteiger partial charge in [0.1, 0.15) is 6.10 Å². The number of benzene rings is 1. The molecule has 3 atom stereocenters. The predicted octanol–water partition coefficient (Wildman–Crippen LogP) is 4.40. The van der Waals surface area contributed by atoms with Crippen molar-refractivity contribution < 1.29 is 4.84 Å². The van der Waals surface area contributed by atoms with E-state index in [4.69, 9.17) is 4.84 Å². The average Bonchev–Trinajstić information content (AvgIpc) is 3.10. The molecule has 1 aromatic carbocycles. The highest BCUT2D eigenvalue weighted by molar-refractivity contribution is 6.05. The van der Waals surface area contributed by atoms with E-state index in [1.165, 1.54) is 36.8 Å². The predicted molar refractivity (Wildman–Crippen MR) is 96.4 cm³/mol. The third-order valence-corrected chi connectivity index (χ3v) is 5.00. The van der Waals surface area contributed by atoms with Crippen LogP contribution in [0.2, 0.25) is 0 Å². The van der Waals surface area contributed by atoms with Gasteiger partial charge in [-0.05, 0) is 62.8 Å². The van der Waals surface area contributed by atoms with Crippen LogP contribution >= 0.6 is 0 Å². The number of rotatable bonds is 4. The first kappa shape index (κ1) is 16.3. The van der Waals surface area contributed by atoms with Crippen LogP contribution in [0.4, 0.5) is 0 Å². The summed E-state index contributed by atoms with van der Waals surface area (Å²) in [6.45, 7) is 5.49. The highest BCUT2D eigenvalue weighted by Crippen LogP contribution is 2.28. The van der Waals surface area contributed by atoms with Crippen LogP contribution in [0.5, 0.6) is 0 Å². The quantitative estimate of drug-likeness (QED) is 0.836. The molecule has 23 heavy (non-hydrogen) atoms. The topological polar surface area (TPSA) is 33.6 Å². The van der Waals surface area contributed by atoms with Crippen LogP contribution < -0.4 is 5.32 Å². The molecule has 0 radical (unpaired) electrons. The molecule has 3 rings (SSSR count). The zero-order valence-electron chi connectivity index (χ0n) is 14.3. The molecule has 1 saturated heterocycles. The van der Waals surface area contributed by atoms with Gasteiger partial charge in [-0.1, -0.05) is 42.4 Å². The van der Waals surface area contributed by atoms with E-state index in [1.54, 1.807) is 0 Å². The van der Waals surface area contributed by atoms with E-state index in [0.29, 0.717) is 12.0 Å². The summed E-state index contributed by atoms with van der Waals surface area (Å²) in [6, 6.07) is 11.0. The molecule has 1 aliphatic carbocycles. The first-order chi connectivity index (χ1) is 11.2. The van der Waals surface area contributed by atoms with Crippen LogP contribution in [0.15, 0.2) is 41.1 Å². The summed E-state index contributed by atoms with van der Waals surface area (Å²) in [5, 5.41) is 8.09. The number of oxime groups is 1. The van der Waals surface area contributed by atoms with Crippen LogP contribution in [-0.4, -0.2) is 24.4 Å². The molecule has 1 aliphatic heterocycles. The van der Waals surface area contributed by atoms with E-state index >= 15 is 0 Å². The number of nitrogens with zero attached hydrogens (tertiary/aromatic N) is 1. The Morgan fingerprint density at radius 3 is 2.78 bits per heavy atom. The lowest BCUT2D eigenvalue weighted by Gasteiger charge is -2.25. The lowest BCUT2D eigenvalue weighted by atomic mass is 9.84. The van der Waals surface area contributed by atoms with Crippen molar-refractivity contribution >= 4 is 11.8 Å². The molecule has 1 heterocycles. The minimum absolute atomic E-state index is 0.136. The van der Waals surface area contributed by atoms with Gasteiger partial charge in [-0.2, -0.15) is 0 Å². The summed E-state index contributed by atoms with van der Waals surface area (Å²) in [6.07, 6.45) is 8.37. The van der Waals surface area contributed by atoms with Crippen molar-refractivity contribution in [3.63, 3.8) is 0 Å². The zero-order valence-corrected chi connectivity index (χ0v) is 14.3. The van der Waals surface area contributed by atoms with Crippen molar-refractivity contribution in [1.29, 1.82) is 0 Å². The van der Waals surface area contributed by atoms with E-state index in [-0.39, 0.29) is 6.10 Å². The molecular formula is C20H28N2O. The summed E-state index contributed by atoms with van der Waals surface area (Å²) >= 11 is 0. The molecule has 124 valence electrons. The SMILES string of the molecule is CC1CCCC(=C\c2ccccc2)/C1=N/OC(C)C1CCCN1. The van der Waals surface area contributed by atoms with Crippen LogP contribution in [0.1, 0.15) is 51.5 Å². The van der Waals surface area contributed by atoms with Crippen molar-refractivity contribution in [3.05, 3.63) is 41.5 Å². The van der Waals surface area contributed by atoms with Gasteiger partial charge >= 0.3 is 0 Å². The molecule has 3 nitrogen and oxygen atoms in total. The standard InChI is InChI=1S/C20H28N2O/c1-15-8-6-11-18(14-17-9-4-3-5-10-17)20(15)22-23-16(2)19-12-7-13-21-19/h3-5,9-10,14-16,19,21H,6-8,11-13H2,1-2H3/b18-14+,22-20+. The second-order valence-electron chi connectivity index (χ2n) is 6.86. The summed E-state index contributed by atoms with van der Waals surface area (Å²) in [4.78, 5) is 5.89. The second-order valence-corrected chi connectivity index (χ2v) is 6.86. The van der Waals surface area contributed by atoms with Gasteiger partial charge in [-0.15, -0.1) is 0 Å². The largest absolute Gasteiger partial charge is 0.391 e. The molecule has 1 aromatic rings. The normalized spacial score (nSPS) is 29.8. The molecule has 0 bridgehead atoms. The van der Waals surface area contributed by atoms with Crippen molar-refractivity contribution in [3.8, 4) is 0 Å². The van der Waals surface area contributed by atoms with Crippen molar-refractivity contribution in [2.45, 2.75) is 58.1 Å². The minimum atomic E-state index is 0.136. The first-order valence-electron chi connectivity index (χ1n) is 8.97. The van der Waals surface area contributed by atoms with Crippen LogP contribution in [0, 0.1) is 5.92 Å². The van der Waals surface area contributed by atoms with Gasteiger partial charge in [0.05, 0.1) is 5.71 Å². The molecule has 2 aliphatic rings. The Labute approximate surface area is 139 Å². The lowest BCUT2D eigenvalue weighted by molar-refractivity contribution is 0.0476. The molecule has 2 fully saturated rings.